The number of amides is 1. The largest absolute Gasteiger partial charge is 0.464 e. The standard InChI is InChI=1S/C6H11NO3.C3H8O/c1-5(10-4-8)3-6(9)7-2;1-3-4-2/h4-5H,3H2,1-2H3,(H,7,9);3H2,1-2H3. The zero-order valence-corrected chi connectivity index (χ0v) is 9.20. The first-order valence-electron chi connectivity index (χ1n) is 4.40. The van der Waals surface area contributed by atoms with Crippen molar-refractivity contribution in [2.45, 2.75) is 26.4 Å². The van der Waals surface area contributed by atoms with Gasteiger partial charge >= 0.3 is 0 Å². The summed E-state index contributed by atoms with van der Waals surface area (Å²) in [5.74, 6) is -0.130. The van der Waals surface area contributed by atoms with Crippen molar-refractivity contribution in [2.24, 2.45) is 0 Å². The summed E-state index contributed by atoms with van der Waals surface area (Å²) >= 11 is 0. The molecule has 0 heterocycles. The van der Waals surface area contributed by atoms with Gasteiger partial charge in [0.1, 0.15) is 6.10 Å². The molecule has 0 aliphatic heterocycles. The monoisotopic (exact) mass is 205 g/mol. The highest BCUT2D eigenvalue weighted by Crippen LogP contribution is 1.93. The lowest BCUT2D eigenvalue weighted by atomic mass is 10.3. The molecule has 0 bridgehead atoms. The Morgan fingerprint density at radius 3 is 2.36 bits per heavy atom. The summed E-state index contributed by atoms with van der Waals surface area (Å²) in [4.78, 5) is 20.3. The van der Waals surface area contributed by atoms with Crippen molar-refractivity contribution >= 4 is 12.4 Å². The smallest absolute Gasteiger partial charge is 0.293 e. The van der Waals surface area contributed by atoms with Gasteiger partial charge in [0, 0.05) is 20.8 Å². The molecule has 0 aromatic rings. The molecule has 0 fully saturated rings. The number of methoxy groups -OCH3 is 1. The summed E-state index contributed by atoms with van der Waals surface area (Å²) in [5, 5.41) is 2.42. The minimum atomic E-state index is -0.336. The first-order chi connectivity index (χ1) is 6.62. The molecule has 0 aromatic carbocycles. The van der Waals surface area contributed by atoms with Crippen LogP contribution in [0.3, 0.4) is 0 Å². The van der Waals surface area contributed by atoms with E-state index in [0.717, 1.165) is 6.61 Å². The van der Waals surface area contributed by atoms with E-state index < -0.39 is 0 Å². The van der Waals surface area contributed by atoms with E-state index in [4.69, 9.17) is 0 Å². The molecule has 0 saturated carbocycles. The maximum absolute atomic E-state index is 10.6. The van der Waals surface area contributed by atoms with Crippen LogP contribution in [0.25, 0.3) is 0 Å². The number of hydrogen-bond donors (Lipinski definition) is 1. The van der Waals surface area contributed by atoms with Crippen LogP contribution in [0, 0.1) is 0 Å². The number of rotatable bonds is 5. The Kier molecular flexibility index (Phi) is 13.1. The Hall–Kier alpha value is -1.10. The molecule has 0 aliphatic rings. The fourth-order valence-electron chi connectivity index (χ4n) is 0.506. The summed E-state index contributed by atoms with van der Waals surface area (Å²) in [7, 11) is 3.22. The maximum Gasteiger partial charge on any atom is 0.293 e. The van der Waals surface area contributed by atoms with Crippen LogP contribution < -0.4 is 5.32 Å². The van der Waals surface area contributed by atoms with E-state index in [1.807, 2.05) is 6.92 Å². The van der Waals surface area contributed by atoms with Gasteiger partial charge in [-0.3, -0.25) is 9.59 Å². The maximum atomic E-state index is 10.6. The van der Waals surface area contributed by atoms with E-state index >= 15 is 0 Å². The predicted octanol–water partition coefficient (Wildman–Crippen LogP) is 0.337. The number of carbonyl (C=O) groups is 2. The molecule has 1 N–H and O–H groups in total. The molecular formula is C9H19NO4. The van der Waals surface area contributed by atoms with Gasteiger partial charge in [-0.05, 0) is 13.8 Å². The van der Waals surface area contributed by atoms with Gasteiger partial charge in [0.25, 0.3) is 6.47 Å². The lowest BCUT2D eigenvalue weighted by Gasteiger charge is -2.06. The second-order valence-corrected chi connectivity index (χ2v) is 2.50. The zero-order valence-electron chi connectivity index (χ0n) is 9.20. The van der Waals surface area contributed by atoms with E-state index in [1.165, 1.54) is 7.05 Å². The highest BCUT2D eigenvalue weighted by Gasteiger charge is 2.06. The second-order valence-electron chi connectivity index (χ2n) is 2.50. The fraction of sp³-hybridized carbons (Fsp3) is 0.778. The van der Waals surface area contributed by atoms with Gasteiger partial charge in [-0.2, -0.15) is 0 Å². The van der Waals surface area contributed by atoms with Crippen molar-refractivity contribution in [3.63, 3.8) is 0 Å². The molecule has 5 heteroatoms. The van der Waals surface area contributed by atoms with E-state index in [0.29, 0.717) is 6.47 Å². The van der Waals surface area contributed by atoms with E-state index in [-0.39, 0.29) is 18.4 Å². The average Bonchev–Trinajstić information content (AvgIpc) is 2.18. The third kappa shape index (κ3) is 13.5. The third-order valence-corrected chi connectivity index (χ3v) is 1.33. The molecule has 0 aliphatic carbocycles. The highest BCUT2D eigenvalue weighted by atomic mass is 16.5. The Morgan fingerprint density at radius 2 is 2.07 bits per heavy atom. The quantitative estimate of drug-likeness (QED) is 0.657. The first kappa shape index (κ1) is 15.4. The van der Waals surface area contributed by atoms with Crippen LogP contribution in [-0.4, -0.2) is 39.2 Å². The molecular weight excluding hydrogens is 186 g/mol. The van der Waals surface area contributed by atoms with Crippen molar-refractivity contribution in [3.05, 3.63) is 0 Å². The molecule has 1 atom stereocenters. The topological polar surface area (TPSA) is 64.6 Å². The van der Waals surface area contributed by atoms with Gasteiger partial charge in [0.05, 0.1) is 6.42 Å². The summed E-state index contributed by atoms with van der Waals surface area (Å²) < 4.78 is 9.01. The summed E-state index contributed by atoms with van der Waals surface area (Å²) in [6.07, 6.45) is -0.118. The van der Waals surface area contributed by atoms with Crippen LogP contribution in [0.5, 0.6) is 0 Å². The Morgan fingerprint density at radius 1 is 1.57 bits per heavy atom. The predicted molar refractivity (Wildman–Crippen MR) is 52.8 cm³/mol. The summed E-state index contributed by atoms with van der Waals surface area (Å²) in [6, 6.07) is 0. The minimum absolute atomic E-state index is 0.130. The van der Waals surface area contributed by atoms with Crippen LogP contribution in [0.4, 0.5) is 0 Å². The van der Waals surface area contributed by atoms with Gasteiger partial charge < -0.3 is 14.8 Å². The van der Waals surface area contributed by atoms with Crippen LogP contribution in [0.15, 0.2) is 0 Å². The van der Waals surface area contributed by atoms with Gasteiger partial charge in [0.15, 0.2) is 0 Å². The normalized spacial score (nSPS) is 10.6. The molecule has 0 spiro atoms. The second kappa shape index (κ2) is 11.9. The number of hydrogen-bond acceptors (Lipinski definition) is 4. The molecule has 0 rings (SSSR count). The first-order valence-corrected chi connectivity index (χ1v) is 4.40. The number of carbonyl (C=O) groups excluding carboxylic acids is 2. The average molecular weight is 205 g/mol. The molecule has 1 amide bonds. The molecule has 0 saturated heterocycles. The van der Waals surface area contributed by atoms with E-state index in [2.05, 4.69) is 14.8 Å². The van der Waals surface area contributed by atoms with Crippen molar-refractivity contribution in [1.82, 2.24) is 5.32 Å². The van der Waals surface area contributed by atoms with Crippen LogP contribution in [-0.2, 0) is 19.1 Å². The highest BCUT2D eigenvalue weighted by molar-refractivity contribution is 5.76. The van der Waals surface area contributed by atoms with Crippen molar-refractivity contribution in [1.29, 1.82) is 0 Å². The van der Waals surface area contributed by atoms with Crippen LogP contribution in [0.2, 0.25) is 0 Å². The van der Waals surface area contributed by atoms with Crippen LogP contribution in [0.1, 0.15) is 20.3 Å². The molecule has 84 valence electrons. The summed E-state index contributed by atoms with van der Waals surface area (Å²) in [6.45, 7) is 4.78. The van der Waals surface area contributed by atoms with Gasteiger partial charge in [-0.25, -0.2) is 0 Å². The number of ether oxygens (including phenoxy) is 2. The Balaban J connectivity index is 0. The molecule has 1 unspecified atom stereocenters. The Bertz CT molecular complexity index is 148. The van der Waals surface area contributed by atoms with Crippen molar-refractivity contribution < 1.29 is 19.1 Å². The van der Waals surface area contributed by atoms with Crippen molar-refractivity contribution in [3.8, 4) is 0 Å². The van der Waals surface area contributed by atoms with Crippen LogP contribution >= 0.6 is 0 Å². The third-order valence-electron chi connectivity index (χ3n) is 1.33. The molecule has 5 nitrogen and oxygen atoms in total. The van der Waals surface area contributed by atoms with Gasteiger partial charge in [-0.15, -0.1) is 0 Å². The minimum Gasteiger partial charge on any atom is -0.464 e. The van der Waals surface area contributed by atoms with Crippen molar-refractivity contribution in [2.75, 3.05) is 20.8 Å². The molecule has 0 aromatic heterocycles. The zero-order chi connectivity index (χ0) is 11.4. The van der Waals surface area contributed by atoms with E-state index in [1.54, 1.807) is 14.0 Å². The molecule has 0 radical (unpaired) electrons. The fourth-order valence-corrected chi connectivity index (χ4v) is 0.506. The van der Waals surface area contributed by atoms with E-state index in [9.17, 15) is 9.59 Å². The van der Waals surface area contributed by atoms with Gasteiger partial charge in [-0.1, -0.05) is 0 Å². The SMILES string of the molecule is CCOC.CNC(=O)CC(C)OC=O. The Labute approximate surface area is 84.8 Å². The lowest BCUT2D eigenvalue weighted by molar-refractivity contribution is -0.135. The van der Waals surface area contributed by atoms with Gasteiger partial charge in [0.2, 0.25) is 5.91 Å². The summed E-state index contributed by atoms with van der Waals surface area (Å²) in [5.41, 5.74) is 0. The lowest BCUT2D eigenvalue weighted by Crippen LogP contribution is -2.23. The number of nitrogens with one attached hydrogen (secondary N) is 1. The molecule has 14 heavy (non-hydrogen) atoms.